The number of hydrogen-bond acceptors (Lipinski definition) is 4. The van der Waals surface area contributed by atoms with E-state index in [9.17, 15) is 13.2 Å². The molecule has 0 fully saturated rings. The summed E-state index contributed by atoms with van der Waals surface area (Å²) < 4.78 is 24.5. The summed E-state index contributed by atoms with van der Waals surface area (Å²) in [5.74, 6) is 0. The largest absolute Gasteiger partial charge is 0.452 e. The minimum Gasteiger partial charge on any atom is -0.452 e. The fourth-order valence-electron chi connectivity index (χ4n) is 0.199. The summed E-state index contributed by atoms with van der Waals surface area (Å²) in [5, 5.41) is 0. The van der Waals surface area contributed by atoms with Crippen LogP contribution in [0.5, 0.6) is 0 Å². The van der Waals surface area contributed by atoms with Crippen LogP contribution in [0, 0.1) is 0 Å². The van der Waals surface area contributed by atoms with Crippen LogP contribution in [0.2, 0.25) is 0 Å². The molecule has 0 aromatic rings. The molecule has 54 valence electrons. The second-order valence-electron chi connectivity index (χ2n) is 1.23. The van der Waals surface area contributed by atoms with Crippen molar-refractivity contribution in [2.24, 2.45) is 0 Å². The topological polar surface area (TPSA) is 63.7 Å². The molecule has 0 unspecified atom stereocenters. The molecule has 5 nitrogen and oxygen atoms in total. The van der Waals surface area contributed by atoms with Crippen molar-refractivity contribution in [3.63, 3.8) is 0 Å². The third-order valence-electron chi connectivity index (χ3n) is 0.684. The number of ether oxygens (including phenoxy) is 1. The van der Waals surface area contributed by atoms with Gasteiger partial charge in [-0.25, -0.2) is 17.5 Å². The molecule has 1 amide bonds. The summed E-state index contributed by atoms with van der Waals surface area (Å²) in [5.41, 5.74) is 0. The van der Waals surface area contributed by atoms with E-state index >= 15 is 0 Å². The molecule has 0 aromatic heterocycles. The van der Waals surface area contributed by atoms with Crippen LogP contribution >= 0.6 is 0 Å². The summed E-state index contributed by atoms with van der Waals surface area (Å²) in [6.45, 7) is 0. The number of methoxy groups -OCH3 is 1. The lowest BCUT2D eigenvalue weighted by Crippen LogP contribution is -2.24. The highest BCUT2D eigenvalue weighted by molar-refractivity contribution is 7.70. The predicted molar refractivity (Wildman–Crippen MR) is 30.5 cm³/mol. The van der Waals surface area contributed by atoms with Gasteiger partial charge in [-0.1, -0.05) is 0 Å². The Morgan fingerprint density at radius 2 is 2.00 bits per heavy atom. The lowest BCUT2D eigenvalue weighted by molar-refractivity contribution is 0.155. The Balaban J connectivity index is 4.04. The van der Waals surface area contributed by atoms with Crippen LogP contribution in [0.1, 0.15) is 0 Å². The van der Waals surface area contributed by atoms with Crippen molar-refractivity contribution >= 4 is 17.0 Å². The molecular weight excluding hydrogens is 146 g/mol. The van der Waals surface area contributed by atoms with E-state index < -0.39 is 17.0 Å². The predicted octanol–water partition coefficient (Wildman–Crippen LogP) is -0.789. The van der Waals surface area contributed by atoms with E-state index in [0.29, 0.717) is 4.31 Å². The normalized spacial score (nSPS) is 9.22. The molecule has 0 aliphatic carbocycles. The Kier molecular flexibility index (Phi) is 3.00. The van der Waals surface area contributed by atoms with Crippen molar-refractivity contribution in [3.05, 3.63) is 0 Å². The van der Waals surface area contributed by atoms with Crippen LogP contribution < -0.4 is 0 Å². The van der Waals surface area contributed by atoms with Crippen LogP contribution in [0.4, 0.5) is 4.79 Å². The molecule has 0 atom stereocenters. The Morgan fingerprint density at radius 1 is 1.56 bits per heavy atom. The van der Waals surface area contributed by atoms with Crippen LogP contribution in [0.3, 0.4) is 0 Å². The van der Waals surface area contributed by atoms with E-state index in [2.05, 4.69) is 4.74 Å². The molecule has 0 aromatic carbocycles. The van der Waals surface area contributed by atoms with Crippen LogP contribution in [0.25, 0.3) is 0 Å². The molecule has 0 saturated heterocycles. The first-order valence-electron chi connectivity index (χ1n) is 2.05. The Labute approximate surface area is 54.3 Å². The molecule has 0 heterocycles. The average molecular weight is 153 g/mol. The number of carbonyl (C=O) groups excluding carboxylic acids is 1. The Morgan fingerprint density at radius 3 is 2.11 bits per heavy atom. The van der Waals surface area contributed by atoms with Gasteiger partial charge in [0.15, 0.2) is 0 Å². The van der Waals surface area contributed by atoms with E-state index in [1.54, 1.807) is 0 Å². The molecule has 0 spiro atoms. The van der Waals surface area contributed by atoms with Crippen molar-refractivity contribution in [2.45, 2.75) is 0 Å². The molecule has 0 N–H and O–H groups in total. The molecular formula is C3H7NO4S. The monoisotopic (exact) mass is 153 g/mol. The first-order chi connectivity index (χ1) is 4.09. The van der Waals surface area contributed by atoms with Gasteiger partial charge < -0.3 is 4.74 Å². The zero-order valence-corrected chi connectivity index (χ0v) is 5.92. The fraction of sp³-hybridized carbons (Fsp3) is 0.667. The maximum Gasteiger partial charge on any atom is 0.422 e. The standard InChI is InChI=1S/C3H7NO4S/c1-4(9(6)7)3(5)8-2/h9H,1-2H3. The highest BCUT2D eigenvalue weighted by Crippen LogP contribution is 1.85. The maximum atomic E-state index is 10.3. The van der Waals surface area contributed by atoms with Gasteiger partial charge in [-0.3, -0.25) is 0 Å². The van der Waals surface area contributed by atoms with Crippen LogP contribution in [-0.4, -0.2) is 33.0 Å². The van der Waals surface area contributed by atoms with Gasteiger partial charge >= 0.3 is 6.09 Å². The first kappa shape index (κ1) is 8.22. The maximum absolute atomic E-state index is 10.3. The molecule has 0 saturated carbocycles. The summed E-state index contributed by atoms with van der Waals surface area (Å²) in [6.07, 6.45) is -0.883. The van der Waals surface area contributed by atoms with Crippen LogP contribution in [0.15, 0.2) is 0 Å². The van der Waals surface area contributed by atoms with Gasteiger partial charge in [-0.2, -0.15) is 0 Å². The molecule has 0 aliphatic rings. The van der Waals surface area contributed by atoms with Gasteiger partial charge in [0.2, 0.25) is 10.9 Å². The number of rotatable bonds is 1. The average Bonchev–Trinajstić information content (AvgIpc) is 1.84. The minimum absolute atomic E-state index is 0.481. The number of hydrogen-bond donors (Lipinski definition) is 1. The van der Waals surface area contributed by atoms with Crippen molar-refractivity contribution in [2.75, 3.05) is 14.2 Å². The SMILES string of the molecule is COC(=O)N(C)[SH](=O)=O. The Bertz CT molecular complexity index is 167. The van der Waals surface area contributed by atoms with E-state index in [1.807, 2.05) is 0 Å². The summed E-state index contributed by atoms with van der Waals surface area (Å²) in [7, 11) is -0.631. The van der Waals surface area contributed by atoms with Crippen molar-refractivity contribution < 1.29 is 17.9 Å². The van der Waals surface area contributed by atoms with Gasteiger partial charge in [0.1, 0.15) is 0 Å². The van der Waals surface area contributed by atoms with Gasteiger partial charge in [-0.05, 0) is 0 Å². The van der Waals surface area contributed by atoms with Gasteiger partial charge in [0, 0.05) is 7.05 Å². The van der Waals surface area contributed by atoms with Crippen molar-refractivity contribution in [1.82, 2.24) is 4.31 Å². The molecule has 0 radical (unpaired) electrons. The molecule has 9 heavy (non-hydrogen) atoms. The van der Waals surface area contributed by atoms with E-state index in [0.717, 1.165) is 14.2 Å². The van der Waals surface area contributed by atoms with Crippen molar-refractivity contribution in [3.8, 4) is 0 Å². The van der Waals surface area contributed by atoms with Gasteiger partial charge in [-0.15, -0.1) is 0 Å². The van der Waals surface area contributed by atoms with Crippen molar-refractivity contribution in [1.29, 1.82) is 0 Å². The molecule has 6 heteroatoms. The minimum atomic E-state index is -2.85. The molecule has 0 aliphatic heterocycles. The number of nitrogens with zero attached hydrogens (tertiary/aromatic N) is 1. The zero-order chi connectivity index (χ0) is 7.44. The third kappa shape index (κ3) is 2.31. The fourth-order valence-corrected chi connectivity index (χ4v) is 0.414. The summed E-state index contributed by atoms with van der Waals surface area (Å²) in [6, 6.07) is 0. The van der Waals surface area contributed by atoms with Crippen LogP contribution in [-0.2, 0) is 15.6 Å². The molecule has 0 rings (SSSR count). The molecule has 0 bridgehead atoms. The second kappa shape index (κ2) is 3.29. The smallest absolute Gasteiger partial charge is 0.422 e. The Hall–Kier alpha value is -0.780. The quantitative estimate of drug-likeness (QED) is 0.501. The lowest BCUT2D eigenvalue weighted by Gasteiger charge is -2.04. The first-order valence-corrected chi connectivity index (χ1v) is 3.18. The zero-order valence-electron chi connectivity index (χ0n) is 5.03. The van der Waals surface area contributed by atoms with Gasteiger partial charge in [0.25, 0.3) is 0 Å². The number of carbonyl (C=O) groups is 1. The number of amides is 1. The van der Waals surface area contributed by atoms with E-state index in [1.165, 1.54) is 0 Å². The highest BCUT2D eigenvalue weighted by Gasteiger charge is 2.07. The summed E-state index contributed by atoms with van der Waals surface area (Å²) >= 11 is 0. The third-order valence-corrected chi connectivity index (χ3v) is 1.34. The lowest BCUT2D eigenvalue weighted by atomic mass is 11.1. The second-order valence-corrected chi connectivity index (χ2v) is 2.31. The summed E-state index contributed by atoms with van der Waals surface area (Å²) in [4.78, 5) is 10.3. The van der Waals surface area contributed by atoms with E-state index in [4.69, 9.17) is 0 Å². The van der Waals surface area contributed by atoms with E-state index in [-0.39, 0.29) is 0 Å². The highest BCUT2D eigenvalue weighted by atomic mass is 32.2. The van der Waals surface area contributed by atoms with Gasteiger partial charge in [0.05, 0.1) is 7.11 Å². The number of thiol groups is 1.